The van der Waals surface area contributed by atoms with E-state index in [1.54, 1.807) is 39.0 Å². The molecule has 0 bridgehead atoms. The van der Waals surface area contributed by atoms with Crippen molar-refractivity contribution in [2.45, 2.75) is 51.9 Å². The second-order valence-electron chi connectivity index (χ2n) is 6.21. The van der Waals surface area contributed by atoms with Crippen molar-refractivity contribution in [2.24, 2.45) is 0 Å². The molecule has 0 radical (unpaired) electrons. The van der Waals surface area contributed by atoms with Crippen LogP contribution in [0.1, 0.15) is 44.9 Å². The predicted octanol–water partition coefficient (Wildman–Crippen LogP) is 1.75. The number of aliphatic hydroxyl groups excluding tert-OH is 2. The molecule has 22 heavy (non-hydrogen) atoms. The van der Waals surface area contributed by atoms with Crippen molar-refractivity contribution in [1.29, 1.82) is 0 Å². The van der Waals surface area contributed by atoms with E-state index in [9.17, 15) is 15.0 Å². The summed E-state index contributed by atoms with van der Waals surface area (Å²) < 4.78 is 5.07. The number of ether oxygens (including phenoxy) is 1. The Morgan fingerprint density at radius 2 is 2.00 bits per heavy atom. The average Bonchev–Trinajstić information content (AvgIpc) is 2.42. The summed E-state index contributed by atoms with van der Waals surface area (Å²) in [6, 6.07) is 5.12. The molecule has 0 aliphatic rings. The van der Waals surface area contributed by atoms with Crippen LogP contribution >= 0.6 is 0 Å². The highest BCUT2D eigenvalue weighted by molar-refractivity contribution is 5.67. The molecule has 1 aromatic rings. The van der Waals surface area contributed by atoms with Gasteiger partial charge in [-0.25, -0.2) is 4.79 Å². The standard InChI is InChI=1S/C16H26N2O4/c1-5-10-8-11(6-7-12(10)17)14(20)13(19)9-18-15(21)22-16(2,3)4/h6-8,13-14,19-20H,5,9,17H2,1-4H3,(H,18,21). The molecule has 5 N–H and O–H groups in total. The number of alkyl carbamates (subject to hydrolysis) is 1. The highest BCUT2D eigenvalue weighted by Crippen LogP contribution is 2.22. The summed E-state index contributed by atoms with van der Waals surface area (Å²) in [5, 5.41) is 22.6. The van der Waals surface area contributed by atoms with Gasteiger partial charge in [-0.3, -0.25) is 0 Å². The van der Waals surface area contributed by atoms with Crippen LogP contribution in [-0.4, -0.2) is 34.6 Å². The molecule has 6 heteroatoms. The first-order valence-electron chi connectivity index (χ1n) is 7.35. The number of nitrogen functional groups attached to an aromatic ring is 1. The molecule has 0 spiro atoms. The number of aliphatic hydroxyl groups is 2. The third-order valence-corrected chi connectivity index (χ3v) is 3.11. The van der Waals surface area contributed by atoms with E-state index in [1.807, 2.05) is 6.92 Å². The predicted molar refractivity (Wildman–Crippen MR) is 85.4 cm³/mol. The lowest BCUT2D eigenvalue weighted by Gasteiger charge is -2.22. The molecule has 0 aromatic heterocycles. The van der Waals surface area contributed by atoms with Crippen molar-refractivity contribution in [2.75, 3.05) is 12.3 Å². The number of anilines is 1. The second-order valence-corrected chi connectivity index (χ2v) is 6.21. The first-order valence-corrected chi connectivity index (χ1v) is 7.35. The van der Waals surface area contributed by atoms with E-state index in [0.29, 0.717) is 11.3 Å². The van der Waals surface area contributed by atoms with Crippen LogP contribution in [0.2, 0.25) is 0 Å². The van der Waals surface area contributed by atoms with Gasteiger partial charge in [0, 0.05) is 12.2 Å². The van der Waals surface area contributed by atoms with Crippen molar-refractivity contribution in [3.05, 3.63) is 29.3 Å². The fraction of sp³-hybridized carbons (Fsp3) is 0.562. The number of amides is 1. The Bertz CT molecular complexity index is 511. The minimum Gasteiger partial charge on any atom is -0.444 e. The maximum absolute atomic E-state index is 11.5. The summed E-state index contributed by atoms with van der Waals surface area (Å²) in [6.45, 7) is 7.10. The van der Waals surface area contributed by atoms with Gasteiger partial charge >= 0.3 is 6.09 Å². The summed E-state index contributed by atoms with van der Waals surface area (Å²) in [5.41, 5.74) is 7.32. The molecule has 0 aliphatic heterocycles. The van der Waals surface area contributed by atoms with Crippen LogP contribution in [0, 0.1) is 0 Å². The lowest BCUT2D eigenvalue weighted by atomic mass is 10.00. The Balaban J connectivity index is 2.62. The number of hydrogen-bond donors (Lipinski definition) is 4. The van der Waals surface area contributed by atoms with Gasteiger partial charge in [-0.05, 0) is 44.4 Å². The molecule has 0 saturated carbocycles. The largest absolute Gasteiger partial charge is 0.444 e. The van der Waals surface area contributed by atoms with Crippen LogP contribution in [0.15, 0.2) is 18.2 Å². The molecule has 0 saturated heterocycles. The molecule has 0 heterocycles. The summed E-state index contributed by atoms with van der Waals surface area (Å²) >= 11 is 0. The Kier molecular flexibility index (Phi) is 6.20. The number of hydrogen-bond acceptors (Lipinski definition) is 5. The lowest BCUT2D eigenvalue weighted by Crippen LogP contribution is -2.38. The van der Waals surface area contributed by atoms with Gasteiger partial charge in [0.05, 0.1) is 0 Å². The Morgan fingerprint density at radius 3 is 2.55 bits per heavy atom. The minimum atomic E-state index is -1.14. The van der Waals surface area contributed by atoms with E-state index < -0.39 is 23.9 Å². The zero-order chi connectivity index (χ0) is 16.9. The van der Waals surface area contributed by atoms with Crippen molar-refractivity contribution in [3.8, 4) is 0 Å². The first-order chi connectivity index (χ1) is 10.1. The maximum atomic E-state index is 11.5. The van der Waals surface area contributed by atoms with Gasteiger partial charge < -0.3 is 26.0 Å². The van der Waals surface area contributed by atoms with Crippen molar-refractivity contribution in [3.63, 3.8) is 0 Å². The van der Waals surface area contributed by atoms with Gasteiger partial charge in [0.25, 0.3) is 0 Å². The monoisotopic (exact) mass is 310 g/mol. The molecule has 0 aliphatic carbocycles. The smallest absolute Gasteiger partial charge is 0.407 e. The average molecular weight is 310 g/mol. The zero-order valence-corrected chi connectivity index (χ0v) is 13.6. The summed E-state index contributed by atoms with van der Waals surface area (Å²) in [6.07, 6.45) is -2.15. The van der Waals surface area contributed by atoms with Crippen molar-refractivity contribution in [1.82, 2.24) is 5.32 Å². The van der Waals surface area contributed by atoms with Gasteiger partial charge in [0.15, 0.2) is 0 Å². The van der Waals surface area contributed by atoms with Crippen molar-refractivity contribution >= 4 is 11.8 Å². The first kappa shape index (κ1) is 18.3. The Labute approximate surface area is 131 Å². The van der Waals surface area contributed by atoms with Crippen LogP contribution in [0.5, 0.6) is 0 Å². The van der Waals surface area contributed by atoms with Gasteiger partial charge in [0.2, 0.25) is 0 Å². The SMILES string of the molecule is CCc1cc(C(O)C(O)CNC(=O)OC(C)(C)C)ccc1N. The van der Waals surface area contributed by atoms with E-state index in [0.717, 1.165) is 12.0 Å². The zero-order valence-electron chi connectivity index (χ0n) is 13.6. The van der Waals surface area contributed by atoms with E-state index in [4.69, 9.17) is 10.5 Å². The Morgan fingerprint density at radius 1 is 1.36 bits per heavy atom. The van der Waals surface area contributed by atoms with E-state index in [1.165, 1.54) is 0 Å². The highest BCUT2D eigenvalue weighted by Gasteiger charge is 2.21. The number of nitrogens with two attached hydrogens (primary N) is 1. The third kappa shape index (κ3) is 5.54. The van der Waals surface area contributed by atoms with Gasteiger partial charge in [-0.15, -0.1) is 0 Å². The van der Waals surface area contributed by atoms with Gasteiger partial charge in [0.1, 0.15) is 17.8 Å². The molecular weight excluding hydrogens is 284 g/mol. The topological polar surface area (TPSA) is 105 Å². The molecular formula is C16H26N2O4. The van der Waals surface area contributed by atoms with Crippen LogP contribution in [0.4, 0.5) is 10.5 Å². The Hall–Kier alpha value is -1.79. The van der Waals surface area contributed by atoms with Crippen LogP contribution < -0.4 is 11.1 Å². The minimum absolute atomic E-state index is 0.109. The van der Waals surface area contributed by atoms with Crippen LogP contribution in [0.3, 0.4) is 0 Å². The van der Waals surface area contributed by atoms with Crippen molar-refractivity contribution < 1.29 is 19.7 Å². The molecule has 2 unspecified atom stereocenters. The fourth-order valence-corrected chi connectivity index (χ4v) is 1.95. The molecule has 6 nitrogen and oxygen atoms in total. The number of benzene rings is 1. The van der Waals surface area contributed by atoms with Crippen LogP contribution in [-0.2, 0) is 11.2 Å². The summed E-state index contributed by atoms with van der Waals surface area (Å²) in [7, 11) is 0. The molecule has 124 valence electrons. The second kappa shape index (κ2) is 7.47. The quantitative estimate of drug-likeness (QED) is 0.620. The summed E-state index contributed by atoms with van der Waals surface area (Å²) in [5.74, 6) is 0. The van der Waals surface area contributed by atoms with E-state index in [2.05, 4.69) is 5.32 Å². The van der Waals surface area contributed by atoms with Crippen LogP contribution in [0.25, 0.3) is 0 Å². The van der Waals surface area contributed by atoms with E-state index in [-0.39, 0.29) is 6.54 Å². The maximum Gasteiger partial charge on any atom is 0.407 e. The van der Waals surface area contributed by atoms with Gasteiger partial charge in [-0.2, -0.15) is 0 Å². The fourth-order valence-electron chi connectivity index (χ4n) is 1.95. The lowest BCUT2D eigenvalue weighted by molar-refractivity contribution is 0.0129. The molecule has 1 aromatic carbocycles. The molecule has 0 fully saturated rings. The number of carbonyl (C=O) groups is 1. The summed E-state index contributed by atoms with van der Waals surface area (Å²) in [4.78, 5) is 11.5. The normalized spacial score (nSPS) is 14.3. The molecule has 1 amide bonds. The number of rotatable bonds is 5. The molecule has 1 rings (SSSR count). The van der Waals surface area contributed by atoms with Gasteiger partial charge in [-0.1, -0.05) is 19.1 Å². The number of aryl methyl sites for hydroxylation is 1. The highest BCUT2D eigenvalue weighted by atomic mass is 16.6. The molecule has 2 atom stereocenters. The third-order valence-electron chi connectivity index (χ3n) is 3.11. The van der Waals surface area contributed by atoms with E-state index >= 15 is 0 Å². The number of carbonyl (C=O) groups excluding carboxylic acids is 1. The number of nitrogens with one attached hydrogen (secondary N) is 1.